The third kappa shape index (κ3) is 7.44. The third-order valence-corrected chi connectivity index (χ3v) is 7.28. The van der Waals surface area contributed by atoms with Crippen molar-refractivity contribution >= 4 is 53.3 Å². The molecule has 0 heterocycles. The highest BCUT2D eigenvalue weighted by atomic mass is 32.3. The third-order valence-electron chi connectivity index (χ3n) is 4.21. The van der Waals surface area contributed by atoms with Gasteiger partial charge >= 0.3 is 10.4 Å². The summed E-state index contributed by atoms with van der Waals surface area (Å²) in [5.74, 6) is -0.704. The molecule has 0 aliphatic rings. The SMILES string of the molecule is CN(C)c1cccc(S(=O)(=O)O)c1/N=N/c1ccc(N(C)S(=O)(=O)CCOS(=O)(=O)O)cc1. The van der Waals surface area contributed by atoms with Crippen LogP contribution in [0.15, 0.2) is 57.6 Å². The molecular weight excluding hydrogens is 500 g/mol. The fourth-order valence-electron chi connectivity index (χ4n) is 2.56. The van der Waals surface area contributed by atoms with E-state index in [-0.39, 0.29) is 17.1 Å². The molecule has 0 spiro atoms. The molecule has 2 rings (SSSR count). The van der Waals surface area contributed by atoms with Gasteiger partial charge in [0.2, 0.25) is 10.0 Å². The molecule has 2 aromatic rings. The van der Waals surface area contributed by atoms with E-state index in [2.05, 4.69) is 14.4 Å². The minimum Gasteiger partial charge on any atom is -0.376 e. The van der Waals surface area contributed by atoms with Gasteiger partial charge in [0.05, 0.1) is 29.4 Å². The van der Waals surface area contributed by atoms with Crippen molar-refractivity contribution < 1.29 is 38.5 Å². The first kappa shape index (κ1) is 26.6. The Balaban J connectivity index is 2.27. The Kier molecular flexibility index (Phi) is 8.15. The van der Waals surface area contributed by atoms with E-state index in [1.807, 2.05) is 0 Å². The van der Waals surface area contributed by atoms with Crippen LogP contribution in [0.4, 0.5) is 22.7 Å². The fourth-order valence-corrected chi connectivity index (χ4v) is 4.61. The highest BCUT2D eigenvalue weighted by molar-refractivity contribution is 7.92. The number of hydrogen-bond acceptors (Lipinski definition) is 10. The number of anilines is 2. The lowest BCUT2D eigenvalue weighted by Gasteiger charge is -2.19. The van der Waals surface area contributed by atoms with Crippen LogP contribution in [-0.4, -0.2) is 67.9 Å². The van der Waals surface area contributed by atoms with Crippen molar-refractivity contribution in [3.8, 4) is 0 Å². The van der Waals surface area contributed by atoms with E-state index < -0.39 is 47.8 Å². The van der Waals surface area contributed by atoms with E-state index in [9.17, 15) is 29.8 Å². The summed E-state index contributed by atoms with van der Waals surface area (Å²) in [6.07, 6.45) is 0. The molecule has 0 aliphatic carbocycles. The van der Waals surface area contributed by atoms with Gasteiger partial charge in [-0.1, -0.05) is 6.07 Å². The first-order valence-electron chi connectivity index (χ1n) is 9.00. The molecule has 2 aromatic carbocycles. The second kappa shape index (κ2) is 10.1. The van der Waals surface area contributed by atoms with E-state index in [1.165, 1.54) is 43.4 Å². The lowest BCUT2D eigenvalue weighted by molar-refractivity contribution is 0.284. The first-order chi connectivity index (χ1) is 15.1. The molecule has 0 saturated heterocycles. The monoisotopic (exact) mass is 522 g/mol. The molecule has 182 valence electrons. The summed E-state index contributed by atoms with van der Waals surface area (Å²) < 4.78 is 92.0. The molecule has 0 atom stereocenters. The highest BCUT2D eigenvalue weighted by Crippen LogP contribution is 2.35. The number of rotatable bonds is 10. The predicted octanol–water partition coefficient (Wildman–Crippen LogP) is 2.00. The molecule has 16 heteroatoms. The van der Waals surface area contributed by atoms with Crippen LogP contribution in [0.5, 0.6) is 0 Å². The lowest BCUT2D eigenvalue weighted by Crippen LogP contribution is -2.31. The molecule has 0 amide bonds. The van der Waals surface area contributed by atoms with Gasteiger partial charge in [-0.25, -0.2) is 12.6 Å². The first-order valence-corrected chi connectivity index (χ1v) is 13.4. The fraction of sp³-hybridized carbons (Fsp3) is 0.294. The van der Waals surface area contributed by atoms with Gasteiger partial charge in [-0.05, 0) is 36.4 Å². The van der Waals surface area contributed by atoms with Crippen LogP contribution in [0.1, 0.15) is 0 Å². The van der Waals surface area contributed by atoms with Crippen LogP contribution in [0.25, 0.3) is 0 Å². The van der Waals surface area contributed by atoms with Gasteiger partial charge < -0.3 is 4.90 Å². The van der Waals surface area contributed by atoms with Crippen molar-refractivity contribution in [2.24, 2.45) is 10.2 Å². The standard InChI is InChI=1S/C17H22N4O9S3/c1-20(2)15-5-4-6-16(32(24,25)26)17(15)19-18-13-7-9-14(10-8-13)21(3)31(22,23)12-11-30-33(27,28)29/h4-10H,11-12H2,1-3H3,(H,24,25,26)(H,27,28,29)/b19-18+. The van der Waals surface area contributed by atoms with Crippen LogP contribution in [0.2, 0.25) is 0 Å². The Bertz CT molecular complexity index is 1340. The smallest absolute Gasteiger partial charge is 0.376 e. The Hall–Kier alpha value is -2.63. The summed E-state index contributed by atoms with van der Waals surface area (Å²) >= 11 is 0. The van der Waals surface area contributed by atoms with Gasteiger partial charge in [0.15, 0.2) is 0 Å². The van der Waals surface area contributed by atoms with Crippen molar-refractivity contribution in [1.82, 2.24) is 0 Å². The minimum absolute atomic E-state index is 0.0763. The van der Waals surface area contributed by atoms with E-state index in [1.54, 1.807) is 25.1 Å². The second-order valence-electron chi connectivity index (χ2n) is 6.74. The maximum atomic E-state index is 12.3. The maximum Gasteiger partial charge on any atom is 0.397 e. The van der Waals surface area contributed by atoms with Crippen LogP contribution >= 0.6 is 0 Å². The number of nitrogens with zero attached hydrogens (tertiary/aromatic N) is 4. The largest absolute Gasteiger partial charge is 0.397 e. The van der Waals surface area contributed by atoms with Gasteiger partial charge in [-0.3, -0.25) is 13.4 Å². The molecule has 0 fully saturated rings. The highest BCUT2D eigenvalue weighted by Gasteiger charge is 2.21. The Morgan fingerprint density at radius 3 is 2.00 bits per heavy atom. The normalized spacial score (nSPS) is 12.8. The summed E-state index contributed by atoms with van der Waals surface area (Å²) in [7, 11) is -8.72. The average Bonchev–Trinajstić information content (AvgIpc) is 2.69. The molecule has 0 unspecified atom stereocenters. The summed E-state index contributed by atoms with van der Waals surface area (Å²) in [6.45, 7) is -0.765. The van der Waals surface area contributed by atoms with Crippen LogP contribution in [0, 0.1) is 0 Å². The quantitative estimate of drug-likeness (QED) is 0.345. The van der Waals surface area contributed by atoms with Gasteiger partial charge in [0.1, 0.15) is 10.6 Å². The molecule has 13 nitrogen and oxygen atoms in total. The maximum absolute atomic E-state index is 12.3. The van der Waals surface area contributed by atoms with Crippen LogP contribution in [0.3, 0.4) is 0 Å². The number of hydrogen-bond donors (Lipinski definition) is 2. The molecule has 2 N–H and O–H groups in total. The lowest BCUT2D eigenvalue weighted by atomic mass is 10.2. The van der Waals surface area contributed by atoms with Crippen molar-refractivity contribution in [3.63, 3.8) is 0 Å². The second-order valence-corrected chi connectivity index (χ2v) is 11.3. The molecule has 0 aromatic heterocycles. The Morgan fingerprint density at radius 2 is 1.48 bits per heavy atom. The molecule has 0 bridgehead atoms. The van der Waals surface area contributed by atoms with Crippen molar-refractivity contribution in [3.05, 3.63) is 42.5 Å². The van der Waals surface area contributed by atoms with Crippen molar-refractivity contribution in [2.75, 3.05) is 42.7 Å². The van der Waals surface area contributed by atoms with E-state index in [0.717, 1.165) is 4.31 Å². The summed E-state index contributed by atoms with van der Waals surface area (Å²) in [5, 5.41) is 7.94. The zero-order valence-corrected chi connectivity index (χ0v) is 20.2. The zero-order chi connectivity index (χ0) is 25.0. The predicted molar refractivity (Wildman–Crippen MR) is 121 cm³/mol. The average molecular weight is 523 g/mol. The van der Waals surface area contributed by atoms with Crippen LogP contribution < -0.4 is 9.21 Å². The number of benzene rings is 2. The molecule has 0 aliphatic heterocycles. The summed E-state index contributed by atoms with van der Waals surface area (Å²) in [6, 6.07) is 9.87. The molecule has 0 radical (unpaired) electrons. The summed E-state index contributed by atoms with van der Waals surface area (Å²) in [5.41, 5.74) is 0.790. The number of sulfonamides is 1. The van der Waals surface area contributed by atoms with Crippen molar-refractivity contribution in [2.45, 2.75) is 4.90 Å². The van der Waals surface area contributed by atoms with E-state index in [0.29, 0.717) is 5.69 Å². The molecular formula is C17H22N4O9S3. The van der Waals surface area contributed by atoms with Gasteiger partial charge in [-0.2, -0.15) is 21.9 Å². The topological polar surface area (TPSA) is 183 Å². The van der Waals surface area contributed by atoms with Gasteiger partial charge in [-0.15, -0.1) is 5.11 Å². The van der Waals surface area contributed by atoms with E-state index in [4.69, 9.17) is 4.55 Å². The van der Waals surface area contributed by atoms with Crippen molar-refractivity contribution in [1.29, 1.82) is 0 Å². The van der Waals surface area contributed by atoms with Gasteiger partial charge in [0.25, 0.3) is 10.1 Å². The Labute approximate surface area is 192 Å². The minimum atomic E-state index is -4.75. The zero-order valence-electron chi connectivity index (χ0n) is 17.7. The molecule has 0 saturated carbocycles. The van der Waals surface area contributed by atoms with Crippen LogP contribution in [-0.2, 0) is 34.7 Å². The molecule has 33 heavy (non-hydrogen) atoms. The van der Waals surface area contributed by atoms with E-state index >= 15 is 0 Å². The Morgan fingerprint density at radius 1 is 0.879 bits per heavy atom. The van der Waals surface area contributed by atoms with Gasteiger partial charge in [0, 0.05) is 21.1 Å². The number of azo groups is 1. The summed E-state index contributed by atoms with van der Waals surface area (Å²) in [4.78, 5) is 1.17.